The molecule has 0 aliphatic heterocycles. The number of rotatable bonds is 16. The van der Waals surface area contributed by atoms with Crippen LogP contribution in [0.3, 0.4) is 0 Å². The normalized spacial score (nSPS) is 19.2. The van der Waals surface area contributed by atoms with Gasteiger partial charge in [0.05, 0.1) is 13.2 Å². The van der Waals surface area contributed by atoms with Crippen molar-refractivity contribution in [3.8, 4) is 5.75 Å². The Hall–Kier alpha value is -2.14. The summed E-state index contributed by atoms with van der Waals surface area (Å²) in [4.78, 5) is 24.4. The average Bonchev–Trinajstić information content (AvgIpc) is 3.18. The molecule has 5 heteroatoms. The van der Waals surface area contributed by atoms with Crippen LogP contribution < -0.4 is 10.1 Å². The minimum Gasteiger partial charge on any atom is -0.497 e. The molecule has 1 fully saturated rings. The monoisotopic (exact) mass is 457 g/mol. The number of amides is 1. The zero-order valence-electron chi connectivity index (χ0n) is 20.6. The van der Waals surface area contributed by atoms with Crippen molar-refractivity contribution in [2.24, 2.45) is 11.8 Å². The average molecular weight is 458 g/mol. The number of hydrogen-bond acceptors (Lipinski definition) is 4. The molecule has 0 unspecified atom stereocenters. The lowest BCUT2D eigenvalue weighted by atomic mass is 9.89. The number of ketones is 1. The Kier molecular flexibility index (Phi) is 12.9. The second kappa shape index (κ2) is 15.7. The second-order valence-electron chi connectivity index (χ2n) is 9.30. The first kappa shape index (κ1) is 27.1. The summed E-state index contributed by atoms with van der Waals surface area (Å²) in [5.74, 6) is 1.66. The topological polar surface area (TPSA) is 75.6 Å². The lowest BCUT2D eigenvalue weighted by Gasteiger charge is -2.15. The van der Waals surface area contributed by atoms with Crippen LogP contribution >= 0.6 is 0 Å². The summed E-state index contributed by atoms with van der Waals surface area (Å²) in [6.45, 7) is 2.70. The minimum absolute atomic E-state index is 0.0829. The van der Waals surface area contributed by atoms with Crippen LogP contribution in [0.1, 0.15) is 89.5 Å². The summed E-state index contributed by atoms with van der Waals surface area (Å²) in [7, 11) is 1.64. The van der Waals surface area contributed by atoms with E-state index in [1.54, 1.807) is 7.11 Å². The van der Waals surface area contributed by atoms with Gasteiger partial charge in [-0.05, 0) is 49.3 Å². The van der Waals surface area contributed by atoms with E-state index in [-0.39, 0.29) is 23.8 Å². The van der Waals surface area contributed by atoms with Crippen LogP contribution in [0.4, 0.5) is 0 Å². The van der Waals surface area contributed by atoms with Gasteiger partial charge in [-0.2, -0.15) is 0 Å². The van der Waals surface area contributed by atoms with E-state index in [0.717, 1.165) is 75.5 Å². The molecule has 1 aliphatic carbocycles. The van der Waals surface area contributed by atoms with Crippen molar-refractivity contribution < 1.29 is 19.4 Å². The molecule has 33 heavy (non-hydrogen) atoms. The number of allylic oxidation sites excluding steroid dienone is 1. The van der Waals surface area contributed by atoms with Crippen LogP contribution in [0.2, 0.25) is 0 Å². The summed E-state index contributed by atoms with van der Waals surface area (Å²) >= 11 is 0. The highest BCUT2D eigenvalue weighted by atomic mass is 16.5. The van der Waals surface area contributed by atoms with Gasteiger partial charge in [-0.25, -0.2) is 0 Å². The maximum absolute atomic E-state index is 12.3. The molecule has 0 aromatic heterocycles. The number of aliphatic hydroxyl groups excluding tert-OH is 1. The third-order valence-electron chi connectivity index (χ3n) is 6.66. The third-order valence-corrected chi connectivity index (χ3v) is 6.66. The van der Waals surface area contributed by atoms with Crippen molar-refractivity contribution in [3.05, 3.63) is 42.0 Å². The summed E-state index contributed by atoms with van der Waals surface area (Å²) in [6, 6.07) is 7.71. The molecule has 1 saturated carbocycles. The molecule has 1 aliphatic rings. The van der Waals surface area contributed by atoms with Gasteiger partial charge in [-0.1, -0.05) is 69.7 Å². The van der Waals surface area contributed by atoms with E-state index in [1.807, 2.05) is 30.3 Å². The summed E-state index contributed by atoms with van der Waals surface area (Å²) in [5.41, 5.74) is 1.06. The molecule has 0 radical (unpaired) electrons. The predicted molar refractivity (Wildman–Crippen MR) is 133 cm³/mol. The molecular weight excluding hydrogens is 414 g/mol. The van der Waals surface area contributed by atoms with Crippen LogP contribution in [-0.2, 0) is 16.1 Å². The van der Waals surface area contributed by atoms with E-state index >= 15 is 0 Å². The number of carbonyl (C=O) groups excluding carboxylic acids is 2. The van der Waals surface area contributed by atoms with Crippen LogP contribution in [0, 0.1) is 11.8 Å². The molecule has 1 aromatic carbocycles. The van der Waals surface area contributed by atoms with E-state index in [2.05, 4.69) is 18.3 Å². The van der Waals surface area contributed by atoms with Gasteiger partial charge in [0.15, 0.2) is 0 Å². The van der Waals surface area contributed by atoms with E-state index in [0.29, 0.717) is 25.2 Å². The number of nitrogens with one attached hydrogen (secondary N) is 1. The standard InChI is InChI=1S/C28H43NO4/c1-3-4-7-10-24(30)17-15-23-16-20-27(31)26(23)11-8-5-6-9-12-28(32)29-21-22-13-18-25(33-2)19-14-22/h13-15,17-19,23-24,26,30H,3-12,16,20-21H2,1-2H3,(H,29,32)/t23-,24+,26-/m1/s1. The number of methoxy groups -OCH3 is 1. The first-order chi connectivity index (χ1) is 16.0. The van der Waals surface area contributed by atoms with E-state index in [1.165, 1.54) is 0 Å². The Balaban J connectivity index is 1.57. The lowest BCUT2D eigenvalue weighted by Crippen LogP contribution is -2.22. The fourth-order valence-corrected chi connectivity index (χ4v) is 4.55. The fourth-order valence-electron chi connectivity index (χ4n) is 4.55. The highest BCUT2D eigenvalue weighted by Gasteiger charge is 2.32. The zero-order valence-corrected chi connectivity index (χ0v) is 20.6. The maximum Gasteiger partial charge on any atom is 0.220 e. The Bertz CT molecular complexity index is 728. The van der Waals surface area contributed by atoms with Crippen molar-refractivity contribution in [2.45, 2.75) is 96.6 Å². The van der Waals surface area contributed by atoms with Gasteiger partial charge >= 0.3 is 0 Å². The van der Waals surface area contributed by atoms with E-state index in [9.17, 15) is 14.7 Å². The quantitative estimate of drug-likeness (QED) is 0.245. The first-order valence-electron chi connectivity index (χ1n) is 12.8. The third kappa shape index (κ3) is 10.6. The molecule has 1 amide bonds. The van der Waals surface area contributed by atoms with Crippen molar-refractivity contribution in [2.75, 3.05) is 7.11 Å². The molecule has 0 saturated heterocycles. The zero-order chi connectivity index (χ0) is 23.9. The number of hydrogen-bond donors (Lipinski definition) is 2. The molecule has 0 bridgehead atoms. The number of unbranched alkanes of at least 4 members (excludes halogenated alkanes) is 5. The molecule has 0 spiro atoms. The maximum atomic E-state index is 12.3. The molecule has 1 aromatic rings. The molecule has 2 rings (SSSR count). The largest absolute Gasteiger partial charge is 0.497 e. The summed E-state index contributed by atoms with van der Waals surface area (Å²) in [5, 5.41) is 13.1. The number of ether oxygens (including phenoxy) is 1. The summed E-state index contributed by atoms with van der Waals surface area (Å²) < 4.78 is 5.14. The Morgan fingerprint density at radius 2 is 1.91 bits per heavy atom. The van der Waals surface area contributed by atoms with Gasteiger partial charge in [-0.3, -0.25) is 9.59 Å². The van der Waals surface area contributed by atoms with Crippen molar-refractivity contribution >= 4 is 11.7 Å². The van der Waals surface area contributed by atoms with Gasteiger partial charge in [0.2, 0.25) is 5.91 Å². The Morgan fingerprint density at radius 1 is 1.15 bits per heavy atom. The highest BCUT2D eigenvalue weighted by Crippen LogP contribution is 2.34. The molecule has 184 valence electrons. The van der Waals surface area contributed by atoms with Crippen molar-refractivity contribution in [1.82, 2.24) is 5.32 Å². The molecule has 0 heterocycles. The second-order valence-corrected chi connectivity index (χ2v) is 9.30. The van der Waals surface area contributed by atoms with E-state index < -0.39 is 0 Å². The first-order valence-corrected chi connectivity index (χ1v) is 12.8. The van der Waals surface area contributed by atoms with Gasteiger partial charge in [0, 0.05) is 25.3 Å². The SMILES string of the molecule is CCCCC[C@H](O)C=C[C@@H]1CCC(=O)[C@@H]1CCCCCCC(=O)NCc1ccc(OC)cc1. The molecular formula is C28H43NO4. The van der Waals surface area contributed by atoms with Gasteiger partial charge < -0.3 is 15.2 Å². The van der Waals surface area contributed by atoms with Gasteiger partial charge in [0.1, 0.15) is 11.5 Å². The molecule has 5 nitrogen and oxygen atoms in total. The predicted octanol–water partition coefficient (Wildman–Crippen LogP) is 5.74. The number of carbonyl (C=O) groups is 2. The number of Topliss-reactive ketones (excluding diaryl/α,β-unsaturated/α-hetero) is 1. The minimum atomic E-state index is -0.385. The highest BCUT2D eigenvalue weighted by molar-refractivity contribution is 5.83. The van der Waals surface area contributed by atoms with Crippen molar-refractivity contribution in [3.63, 3.8) is 0 Å². The Labute approximate surface area is 200 Å². The van der Waals surface area contributed by atoms with E-state index in [4.69, 9.17) is 4.74 Å². The van der Waals surface area contributed by atoms with Gasteiger partial charge in [0.25, 0.3) is 0 Å². The van der Waals surface area contributed by atoms with Crippen LogP contribution in [0.25, 0.3) is 0 Å². The van der Waals surface area contributed by atoms with Crippen molar-refractivity contribution in [1.29, 1.82) is 0 Å². The molecule has 3 atom stereocenters. The smallest absolute Gasteiger partial charge is 0.220 e. The molecule has 2 N–H and O–H groups in total. The number of benzene rings is 1. The Morgan fingerprint density at radius 3 is 2.64 bits per heavy atom. The summed E-state index contributed by atoms with van der Waals surface area (Å²) in [6.07, 6.45) is 14.8. The fraction of sp³-hybridized carbons (Fsp3) is 0.643. The van der Waals surface area contributed by atoms with Gasteiger partial charge in [-0.15, -0.1) is 0 Å². The lowest BCUT2D eigenvalue weighted by molar-refractivity contribution is -0.122. The van der Waals surface area contributed by atoms with Crippen LogP contribution in [-0.4, -0.2) is 30.0 Å². The van der Waals surface area contributed by atoms with Crippen LogP contribution in [0.5, 0.6) is 5.75 Å². The number of aliphatic hydroxyl groups is 1. The van der Waals surface area contributed by atoms with Crippen LogP contribution in [0.15, 0.2) is 36.4 Å².